The Kier molecular flexibility index (Phi) is 8.44. The number of benzene rings is 2. The van der Waals surface area contributed by atoms with Crippen molar-refractivity contribution in [2.75, 3.05) is 18.5 Å². The first kappa shape index (κ1) is 26.6. The number of hydrogen-bond acceptors (Lipinski definition) is 6. The van der Waals surface area contributed by atoms with E-state index in [1.807, 2.05) is 13.8 Å². The number of ether oxygens (including phenoxy) is 2. The van der Waals surface area contributed by atoms with Crippen LogP contribution in [0.15, 0.2) is 47.4 Å². The molecule has 1 heterocycles. The number of carbonyl (C=O) groups excluding carboxylic acids is 2. The van der Waals surface area contributed by atoms with Crippen molar-refractivity contribution in [1.82, 2.24) is 4.90 Å². The lowest BCUT2D eigenvalue weighted by molar-refractivity contribution is -0.137. The SMILES string of the molecule is CCOc1cc(/C=C2\SC(=S)N(C(C)C)C2=O)ccc1OCC(=O)Nc1ccccc1C(F)(F)F. The Morgan fingerprint density at radius 2 is 1.89 bits per heavy atom. The first-order valence-electron chi connectivity index (χ1n) is 10.6. The number of amides is 2. The summed E-state index contributed by atoms with van der Waals surface area (Å²) in [6.45, 7) is 5.31. The lowest BCUT2D eigenvalue weighted by Crippen LogP contribution is -2.34. The molecule has 6 nitrogen and oxygen atoms in total. The third-order valence-corrected chi connectivity index (χ3v) is 6.10. The third-order valence-electron chi connectivity index (χ3n) is 4.77. The number of thiocarbonyl (C=S) groups is 1. The quantitative estimate of drug-likeness (QED) is 0.351. The lowest BCUT2D eigenvalue weighted by Gasteiger charge is -2.18. The van der Waals surface area contributed by atoms with Crippen molar-refractivity contribution in [3.8, 4) is 11.5 Å². The highest BCUT2D eigenvalue weighted by Crippen LogP contribution is 2.36. The number of thioether (sulfide) groups is 1. The molecule has 0 unspecified atom stereocenters. The maximum atomic E-state index is 13.1. The Morgan fingerprint density at radius 3 is 2.51 bits per heavy atom. The molecular weight excluding hydrogens is 501 g/mol. The fourth-order valence-electron chi connectivity index (χ4n) is 3.25. The van der Waals surface area contributed by atoms with Gasteiger partial charge in [0.1, 0.15) is 4.32 Å². The molecule has 186 valence electrons. The molecule has 2 amide bonds. The van der Waals surface area contributed by atoms with Gasteiger partial charge in [-0.2, -0.15) is 13.2 Å². The van der Waals surface area contributed by atoms with Gasteiger partial charge in [-0.05, 0) is 56.7 Å². The number of alkyl halides is 3. The Labute approximate surface area is 210 Å². The molecule has 0 atom stereocenters. The van der Waals surface area contributed by atoms with Gasteiger partial charge in [0.05, 0.1) is 22.8 Å². The summed E-state index contributed by atoms with van der Waals surface area (Å²) in [5.41, 5.74) is -0.642. The van der Waals surface area contributed by atoms with Gasteiger partial charge in [-0.15, -0.1) is 0 Å². The summed E-state index contributed by atoms with van der Waals surface area (Å²) in [4.78, 5) is 26.9. The summed E-state index contributed by atoms with van der Waals surface area (Å²) in [5.74, 6) is -0.378. The Balaban J connectivity index is 1.73. The predicted octanol–water partition coefficient (Wildman–Crippen LogP) is 5.73. The number of carbonyl (C=O) groups is 2. The van der Waals surface area contributed by atoms with E-state index in [1.165, 1.54) is 30.0 Å². The number of rotatable bonds is 8. The Bertz CT molecular complexity index is 1170. The van der Waals surface area contributed by atoms with Gasteiger partial charge in [0.2, 0.25) is 0 Å². The minimum absolute atomic E-state index is 0.0580. The van der Waals surface area contributed by atoms with Crippen LogP contribution in [0.4, 0.5) is 18.9 Å². The van der Waals surface area contributed by atoms with Gasteiger partial charge >= 0.3 is 6.18 Å². The largest absolute Gasteiger partial charge is 0.490 e. The molecule has 0 radical (unpaired) electrons. The molecule has 2 aromatic rings. The summed E-state index contributed by atoms with van der Waals surface area (Å²) in [7, 11) is 0. The minimum Gasteiger partial charge on any atom is -0.490 e. The highest BCUT2D eigenvalue weighted by Gasteiger charge is 2.34. The Morgan fingerprint density at radius 1 is 1.17 bits per heavy atom. The molecule has 1 fully saturated rings. The molecule has 0 saturated carbocycles. The first-order valence-corrected chi connectivity index (χ1v) is 11.9. The number of nitrogens with one attached hydrogen (secondary N) is 1. The number of hydrogen-bond donors (Lipinski definition) is 1. The monoisotopic (exact) mass is 524 g/mol. The molecule has 1 N–H and O–H groups in total. The van der Waals surface area contributed by atoms with Gasteiger partial charge in [-0.3, -0.25) is 14.5 Å². The average molecular weight is 525 g/mol. The maximum absolute atomic E-state index is 13.1. The zero-order valence-corrected chi connectivity index (χ0v) is 20.8. The van der Waals surface area contributed by atoms with Crippen molar-refractivity contribution in [2.24, 2.45) is 0 Å². The van der Waals surface area contributed by atoms with Gasteiger partial charge < -0.3 is 14.8 Å². The number of halogens is 3. The predicted molar refractivity (Wildman–Crippen MR) is 133 cm³/mol. The third kappa shape index (κ3) is 6.55. The van der Waals surface area contributed by atoms with Crippen LogP contribution in [0.1, 0.15) is 31.9 Å². The molecule has 0 aliphatic carbocycles. The van der Waals surface area contributed by atoms with Gasteiger partial charge in [-0.25, -0.2) is 0 Å². The summed E-state index contributed by atoms with van der Waals surface area (Å²) in [6, 6.07) is 9.53. The zero-order chi connectivity index (χ0) is 25.8. The molecule has 2 aromatic carbocycles. The first-order chi connectivity index (χ1) is 16.5. The Hall–Kier alpha value is -3.05. The molecule has 3 rings (SSSR count). The van der Waals surface area contributed by atoms with E-state index < -0.39 is 24.3 Å². The molecule has 11 heteroatoms. The molecule has 1 saturated heterocycles. The second-order valence-corrected chi connectivity index (χ2v) is 9.34. The second-order valence-electron chi connectivity index (χ2n) is 7.66. The smallest absolute Gasteiger partial charge is 0.418 e. The van der Waals surface area contributed by atoms with E-state index in [9.17, 15) is 22.8 Å². The molecule has 1 aliphatic rings. The van der Waals surface area contributed by atoms with Crippen molar-refractivity contribution >= 4 is 51.9 Å². The molecule has 0 aromatic heterocycles. The van der Waals surface area contributed by atoms with Crippen LogP contribution in [0.2, 0.25) is 0 Å². The van der Waals surface area contributed by atoms with E-state index in [2.05, 4.69) is 5.32 Å². The van der Waals surface area contributed by atoms with Gasteiger partial charge in [-0.1, -0.05) is 42.2 Å². The van der Waals surface area contributed by atoms with Crippen LogP contribution < -0.4 is 14.8 Å². The molecule has 0 spiro atoms. The van der Waals surface area contributed by atoms with Crippen molar-refractivity contribution in [2.45, 2.75) is 33.0 Å². The van der Waals surface area contributed by atoms with E-state index in [1.54, 1.807) is 36.1 Å². The number of anilines is 1. The summed E-state index contributed by atoms with van der Waals surface area (Å²) in [5, 5.41) is 2.23. The molecule has 0 bridgehead atoms. The van der Waals surface area contributed by atoms with Crippen molar-refractivity contribution in [1.29, 1.82) is 0 Å². The van der Waals surface area contributed by atoms with Crippen LogP contribution >= 0.6 is 24.0 Å². The number of nitrogens with zero attached hydrogens (tertiary/aromatic N) is 1. The van der Waals surface area contributed by atoms with Crippen molar-refractivity contribution in [3.05, 3.63) is 58.5 Å². The van der Waals surface area contributed by atoms with Crippen LogP contribution in [0, 0.1) is 0 Å². The highest BCUT2D eigenvalue weighted by molar-refractivity contribution is 8.26. The maximum Gasteiger partial charge on any atom is 0.418 e. The topological polar surface area (TPSA) is 67.9 Å². The number of para-hydroxylation sites is 1. The van der Waals surface area contributed by atoms with Crippen molar-refractivity contribution in [3.63, 3.8) is 0 Å². The van der Waals surface area contributed by atoms with Crippen LogP contribution in [0.25, 0.3) is 6.08 Å². The molecule has 35 heavy (non-hydrogen) atoms. The minimum atomic E-state index is -4.61. The van der Waals surface area contributed by atoms with Crippen LogP contribution in [0.5, 0.6) is 11.5 Å². The highest BCUT2D eigenvalue weighted by atomic mass is 32.2. The summed E-state index contributed by atoms with van der Waals surface area (Å²) < 4.78 is 51.0. The fraction of sp³-hybridized carbons (Fsp3) is 0.292. The van der Waals surface area contributed by atoms with Crippen LogP contribution in [-0.4, -0.2) is 40.3 Å². The van der Waals surface area contributed by atoms with Gasteiger partial charge in [0.15, 0.2) is 18.1 Å². The normalized spacial score (nSPS) is 15.2. The zero-order valence-electron chi connectivity index (χ0n) is 19.1. The molecular formula is C24H23F3N2O4S2. The van der Waals surface area contributed by atoms with Gasteiger partial charge in [0.25, 0.3) is 11.8 Å². The summed E-state index contributed by atoms with van der Waals surface area (Å²) >= 11 is 6.50. The van der Waals surface area contributed by atoms with E-state index in [0.717, 1.165) is 6.07 Å². The second kappa shape index (κ2) is 11.1. The van der Waals surface area contributed by atoms with Crippen molar-refractivity contribution < 1.29 is 32.2 Å². The van der Waals surface area contributed by atoms with E-state index in [-0.39, 0.29) is 23.4 Å². The van der Waals surface area contributed by atoms with E-state index in [0.29, 0.717) is 27.1 Å². The van der Waals surface area contributed by atoms with E-state index >= 15 is 0 Å². The fourth-order valence-corrected chi connectivity index (χ4v) is 4.77. The van der Waals surface area contributed by atoms with Gasteiger partial charge in [0, 0.05) is 6.04 Å². The summed E-state index contributed by atoms with van der Waals surface area (Å²) in [6.07, 6.45) is -2.92. The average Bonchev–Trinajstić information content (AvgIpc) is 3.06. The van der Waals surface area contributed by atoms with Crippen LogP contribution in [-0.2, 0) is 15.8 Å². The standard InChI is InChI=1S/C24H23F3N2O4S2/c1-4-32-19-11-15(12-20-22(31)29(14(2)3)23(34)35-20)9-10-18(19)33-13-21(30)28-17-8-6-5-7-16(17)24(25,26)27/h5-12,14H,4,13H2,1-3H3,(H,28,30)/b20-12-. The lowest BCUT2D eigenvalue weighted by atomic mass is 10.1. The molecule has 1 aliphatic heterocycles. The van der Waals surface area contributed by atoms with Crippen LogP contribution in [0.3, 0.4) is 0 Å². The van der Waals surface area contributed by atoms with E-state index in [4.69, 9.17) is 21.7 Å².